The minimum Gasteiger partial charge on any atom is -0.337 e. The third-order valence-electron chi connectivity index (χ3n) is 1.41. The normalized spacial score (nSPS) is 10.2. The van der Waals surface area contributed by atoms with E-state index < -0.39 is 0 Å². The quantitative estimate of drug-likeness (QED) is 0.665. The van der Waals surface area contributed by atoms with Crippen molar-refractivity contribution in [3.8, 4) is 0 Å². The number of hydrogen-bond acceptors (Lipinski definition) is 2. The molecule has 0 fully saturated rings. The van der Waals surface area contributed by atoms with Gasteiger partial charge >= 0.3 is 0 Å². The summed E-state index contributed by atoms with van der Waals surface area (Å²) in [5, 5.41) is 3.05. The second kappa shape index (κ2) is 3.37. The van der Waals surface area contributed by atoms with Crippen molar-refractivity contribution < 1.29 is 0 Å². The Kier molecular flexibility index (Phi) is 2.45. The van der Waals surface area contributed by atoms with Gasteiger partial charge < -0.3 is 9.88 Å². The number of imidazole rings is 1. The minimum atomic E-state index is 0.854. The summed E-state index contributed by atoms with van der Waals surface area (Å²) in [5.74, 6) is 0. The van der Waals surface area contributed by atoms with Gasteiger partial charge in [0.05, 0.1) is 12.0 Å². The molecule has 0 saturated carbocycles. The first kappa shape index (κ1) is 7.28. The van der Waals surface area contributed by atoms with E-state index in [2.05, 4.69) is 28.0 Å². The first-order valence-electron chi connectivity index (χ1n) is 3.52. The molecule has 0 unspecified atom stereocenters. The van der Waals surface area contributed by atoms with Gasteiger partial charge in [0.1, 0.15) is 0 Å². The number of rotatable bonds is 3. The predicted octanol–water partition coefficient (Wildman–Crippen LogP) is 0.622. The summed E-state index contributed by atoms with van der Waals surface area (Å²) in [4.78, 5) is 4.18. The van der Waals surface area contributed by atoms with Crippen LogP contribution in [-0.2, 0) is 13.1 Å². The van der Waals surface area contributed by atoms with Crippen LogP contribution in [0.5, 0.6) is 0 Å². The van der Waals surface area contributed by atoms with E-state index >= 15 is 0 Å². The molecule has 3 nitrogen and oxygen atoms in total. The van der Waals surface area contributed by atoms with Crippen molar-refractivity contribution in [3.63, 3.8) is 0 Å². The molecular weight excluding hydrogens is 126 g/mol. The number of aromatic nitrogens is 2. The van der Waals surface area contributed by atoms with Crippen LogP contribution in [0.3, 0.4) is 0 Å². The molecule has 10 heavy (non-hydrogen) atoms. The van der Waals surface area contributed by atoms with Crippen molar-refractivity contribution in [2.75, 3.05) is 7.05 Å². The monoisotopic (exact) mass is 139 g/mol. The number of nitrogens with zero attached hydrogens (tertiary/aromatic N) is 2. The van der Waals surface area contributed by atoms with E-state index in [0.717, 1.165) is 18.8 Å². The highest BCUT2D eigenvalue weighted by Gasteiger charge is 1.93. The molecule has 0 atom stereocenters. The average Bonchev–Trinajstić information content (AvgIpc) is 2.37. The topological polar surface area (TPSA) is 29.9 Å². The Bertz CT molecular complexity index is 192. The van der Waals surface area contributed by atoms with Crippen molar-refractivity contribution >= 4 is 0 Å². The van der Waals surface area contributed by atoms with E-state index in [1.165, 1.54) is 0 Å². The first-order chi connectivity index (χ1) is 4.86. The lowest BCUT2D eigenvalue weighted by molar-refractivity contribution is 0.756. The van der Waals surface area contributed by atoms with Crippen LogP contribution in [0.1, 0.15) is 12.6 Å². The van der Waals surface area contributed by atoms with E-state index in [4.69, 9.17) is 0 Å². The minimum absolute atomic E-state index is 0.854. The lowest BCUT2D eigenvalue weighted by atomic mass is 10.5. The van der Waals surface area contributed by atoms with Crippen molar-refractivity contribution in [2.24, 2.45) is 0 Å². The molecule has 0 amide bonds. The Hall–Kier alpha value is -0.830. The number of nitrogens with one attached hydrogen (secondary N) is 1. The second-order valence-electron chi connectivity index (χ2n) is 2.23. The van der Waals surface area contributed by atoms with Crippen LogP contribution in [0.2, 0.25) is 0 Å². The van der Waals surface area contributed by atoms with Gasteiger partial charge in [-0.05, 0) is 14.0 Å². The van der Waals surface area contributed by atoms with E-state index in [9.17, 15) is 0 Å². The van der Waals surface area contributed by atoms with Gasteiger partial charge in [-0.3, -0.25) is 0 Å². The fraction of sp³-hybridized carbons (Fsp3) is 0.571. The van der Waals surface area contributed by atoms with Gasteiger partial charge in [0.25, 0.3) is 0 Å². The Morgan fingerprint density at radius 1 is 1.70 bits per heavy atom. The van der Waals surface area contributed by atoms with Crippen molar-refractivity contribution in [3.05, 3.63) is 18.2 Å². The molecular formula is C7H13N3. The molecule has 0 saturated heterocycles. The van der Waals surface area contributed by atoms with Gasteiger partial charge in [-0.1, -0.05) is 0 Å². The fourth-order valence-corrected chi connectivity index (χ4v) is 0.852. The van der Waals surface area contributed by atoms with Crippen LogP contribution >= 0.6 is 0 Å². The Morgan fingerprint density at radius 3 is 3.00 bits per heavy atom. The van der Waals surface area contributed by atoms with E-state index in [1.807, 2.05) is 13.4 Å². The van der Waals surface area contributed by atoms with Crippen molar-refractivity contribution in [1.82, 2.24) is 14.9 Å². The summed E-state index contributed by atoms with van der Waals surface area (Å²) in [6, 6.07) is 0. The largest absolute Gasteiger partial charge is 0.337 e. The molecule has 1 aromatic rings. The van der Waals surface area contributed by atoms with Crippen LogP contribution in [-0.4, -0.2) is 16.6 Å². The van der Waals surface area contributed by atoms with Gasteiger partial charge in [-0.15, -0.1) is 0 Å². The highest BCUT2D eigenvalue weighted by atomic mass is 15.0. The SMILES string of the molecule is CCn1cnc(CNC)c1. The Morgan fingerprint density at radius 2 is 2.50 bits per heavy atom. The van der Waals surface area contributed by atoms with E-state index in [-0.39, 0.29) is 0 Å². The van der Waals surface area contributed by atoms with Crippen molar-refractivity contribution in [1.29, 1.82) is 0 Å². The lowest BCUT2D eigenvalue weighted by Gasteiger charge is -1.92. The summed E-state index contributed by atoms with van der Waals surface area (Å²) in [5.41, 5.74) is 1.10. The van der Waals surface area contributed by atoms with Crippen LogP contribution < -0.4 is 5.32 Å². The standard InChI is InChI=1S/C7H13N3/c1-3-10-5-7(4-8-2)9-6-10/h5-6,8H,3-4H2,1-2H3. The summed E-state index contributed by atoms with van der Waals surface area (Å²) < 4.78 is 2.06. The second-order valence-corrected chi connectivity index (χ2v) is 2.23. The molecule has 0 aliphatic heterocycles. The highest BCUT2D eigenvalue weighted by molar-refractivity contribution is 4.95. The molecule has 0 spiro atoms. The number of hydrogen-bond donors (Lipinski definition) is 1. The van der Waals surface area contributed by atoms with Crippen LogP contribution in [0.25, 0.3) is 0 Å². The molecule has 0 aliphatic rings. The predicted molar refractivity (Wildman–Crippen MR) is 40.7 cm³/mol. The summed E-state index contributed by atoms with van der Waals surface area (Å²) in [6.45, 7) is 3.95. The molecule has 1 rings (SSSR count). The molecule has 0 aliphatic carbocycles. The third kappa shape index (κ3) is 1.57. The molecule has 1 heterocycles. The molecule has 1 aromatic heterocycles. The van der Waals surface area contributed by atoms with Crippen LogP contribution in [0.15, 0.2) is 12.5 Å². The Labute approximate surface area is 61.1 Å². The molecule has 0 radical (unpaired) electrons. The van der Waals surface area contributed by atoms with Gasteiger partial charge in [-0.25, -0.2) is 4.98 Å². The van der Waals surface area contributed by atoms with Gasteiger partial charge in [-0.2, -0.15) is 0 Å². The van der Waals surface area contributed by atoms with Crippen LogP contribution in [0, 0.1) is 0 Å². The third-order valence-corrected chi connectivity index (χ3v) is 1.41. The Balaban J connectivity index is 2.59. The van der Waals surface area contributed by atoms with Gasteiger partial charge in [0.2, 0.25) is 0 Å². The summed E-state index contributed by atoms with van der Waals surface area (Å²) >= 11 is 0. The number of aryl methyl sites for hydroxylation is 1. The zero-order valence-electron chi connectivity index (χ0n) is 6.46. The fourth-order valence-electron chi connectivity index (χ4n) is 0.852. The molecule has 0 aromatic carbocycles. The van der Waals surface area contributed by atoms with Gasteiger partial charge in [0.15, 0.2) is 0 Å². The highest BCUT2D eigenvalue weighted by Crippen LogP contribution is 1.93. The zero-order chi connectivity index (χ0) is 7.40. The van der Waals surface area contributed by atoms with E-state index in [0.29, 0.717) is 0 Å². The lowest BCUT2D eigenvalue weighted by Crippen LogP contribution is -2.04. The average molecular weight is 139 g/mol. The molecule has 1 N–H and O–H groups in total. The smallest absolute Gasteiger partial charge is 0.0949 e. The zero-order valence-corrected chi connectivity index (χ0v) is 6.46. The maximum absolute atomic E-state index is 4.18. The van der Waals surface area contributed by atoms with Crippen molar-refractivity contribution in [2.45, 2.75) is 20.0 Å². The summed E-state index contributed by atoms with van der Waals surface area (Å²) in [7, 11) is 1.92. The molecule has 3 heteroatoms. The first-order valence-corrected chi connectivity index (χ1v) is 3.52. The maximum atomic E-state index is 4.18. The molecule has 0 bridgehead atoms. The van der Waals surface area contributed by atoms with Crippen LogP contribution in [0.4, 0.5) is 0 Å². The molecule has 56 valence electrons. The van der Waals surface area contributed by atoms with Gasteiger partial charge in [0, 0.05) is 19.3 Å². The van der Waals surface area contributed by atoms with E-state index in [1.54, 1.807) is 0 Å². The summed E-state index contributed by atoms with van der Waals surface area (Å²) in [6.07, 6.45) is 3.91. The maximum Gasteiger partial charge on any atom is 0.0949 e.